The zero-order valence-corrected chi connectivity index (χ0v) is 21.3. The molecule has 10 heteroatoms. The van der Waals surface area contributed by atoms with Crippen LogP contribution in [0.15, 0.2) is 36.4 Å². The zero-order chi connectivity index (χ0) is 22.7. The summed E-state index contributed by atoms with van der Waals surface area (Å²) in [5.74, 6) is 0.667. The molecule has 0 spiro atoms. The zero-order valence-electron chi connectivity index (χ0n) is 18.5. The smallest absolute Gasteiger partial charge is 0.306 e. The van der Waals surface area contributed by atoms with E-state index in [2.05, 4.69) is 16.4 Å². The second-order valence-electron chi connectivity index (χ2n) is 7.64. The van der Waals surface area contributed by atoms with Gasteiger partial charge in [-0.05, 0) is 48.7 Å². The number of rotatable bonds is 6. The van der Waals surface area contributed by atoms with Crippen LogP contribution in [-0.4, -0.2) is 70.8 Å². The maximum atomic E-state index is 11.3. The summed E-state index contributed by atoms with van der Waals surface area (Å²) in [6, 6.07) is 13.0. The van der Waals surface area contributed by atoms with E-state index in [0.29, 0.717) is 66.1 Å². The van der Waals surface area contributed by atoms with Gasteiger partial charge in [-0.1, -0.05) is 17.7 Å². The standard InChI is InChI=1S/C23H22ClN5O3.Na/c1-32-20-5-3-15(11-18(20)24)13-26-21-17-10-14(12-25)2-4-19(17)27-23(28-21)29-8-6-16(7-9-29)22(30)31;/h2-5,10-11,16H,6-9,13H2,1H3,(H,30,31)(H,26,27,28);. The van der Waals surface area contributed by atoms with Crippen LogP contribution in [0, 0.1) is 17.2 Å². The molecule has 2 N–H and O–H groups in total. The van der Waals surface area contributed by atoms with Gasteiger partial charge in [0.2, 0.25) is 5.95 Å². The number of piperidine rings is 1. The number of ether oxygens (including phenoxy) is 1. The van der Waals surface area contributed by atoms with Gasteiger partial charge < -0.3 is 20.1 Å². The fourth-order valence-electron chi connectivity index (χ4n) is 3.79. The van der Waals surface area contributed by atoms with E-state index in [-0.39, 0.29) is 35.5 Å². The van der Waals surface area contributed by atoms with E-state index in [1.54, 1.807) is 25.3 Å². The van der Waals surface area contributed by atoms with E-state index in [4.69, 9.17) is 21.3 Å². The Morgan fingerprint density at radius 1 is 1.27 bits per heavy atom. The first-order chi connectivity index (χ1) is 15.5. The Morgan fingerprint density at radius 2 is 2.03 bits per heavy atom. The van der Waals surface area contributed by atoms with Gasteiger partial charge in [-0.15, -0.1) is 0 Å². The molecule has 1 aromatic heterocycles. The Bertz CT molecular complexity index is 1210. The van der Waals surface area contributed by atoms with E-state index in [1.165, 1.54) is 0 Å². The Hall–Kier alpha value is -2.57. The third-order valence-corrected chi connectivity index (χ3v) is 5.91. The molecule has 4 rings (SSSR count). The van der Waals surface area contributed by atoms with Crippen molar-refractivity contribution in [3.8, 4) is 11.8 Å². The number of benzene rings is 2. The molecule has 3 aromatic rings. The molecule has 1 fully saturated rings. The normalized spacial score (nSPS) is 13.8. The Labute approximate surface area is 218 Å². The molecule has 0 atom stereocenters. The first-order valence-electron chi connectivity index (χ1n) is 10.2. The molecule has 2 aromatic carbocycles. The Morgan fingerprint density at radius 3 is 2.67 bits per heavy atom. The molecule has 1 aliphatic rings. The number of nitrogens with zero attached hydrogens (tertiary/aromatic N) is 4. The van der Waals surface area contributed by atoms with Crippen molar-refractivity contribution >= 4 is 69.8 Å². The van der Waals surface area contributed by atoms with E-state index in [0.717, 1.165) is 10.9 Å². The minimum Gasteiger partial charge on any atom is -0.495 e. The van der Waals surface area contributed by atoms with Crippen molar-refractivity contribution in [2.45, 2.75) is 19.4 Å². The van der Waals surface area contributed by atoms with Crippen molar-refractivity contribution in [2.24, 2.45) is 5.92 Å². The molecule has 0 amide bonds. The summed E-state index contributed by atoms with van der Waals surface area (Å²) in [5.41, 5.74) is 2.18. The summed E-state index contributed by atoms with van der Waals surface area (Å²) in [5, 5.41) is 23.2. The first kappa shape index (κ1) is 25.1. The van der Waals surface area contributed by atoms with E-state index in [1.807, 2.05) is 23.1 Å². The third-order valence-electron chi connectivity index (χ3n) is 5.62. The molecule has 1 aliphatic heterocycles. The topological polar surface area (TPSA) is 111 Å². The number of nitriles is 1. The number of halogens is 1. The van der Waals surface area contributed by atoms with Gasteiger partial charge in [0.1, 0.15) is 11.6 Å². The van der Waals surface area contributed by atoms with Crippen LogP contribution in [0.1, 0.15) is 24.0 Å². The molecule has 1 radical (unpaired) electrons. The Kier molecular flexibility index (Phi) is 8.38. The van der Waals surface area contributed by atoms with Gasteiger partial charge in [0.25, 0.3) is 0 Å². The summed E-state index contributed by atoms with van der Waals surface area (Å²) in [6.45, 7) is 1.62. The molecule has 33 heavy (non-hydrogen) atoms. The van der Waals surface area contributed by atoms with Gasteiger partial charge in [0.05, 0.1) is 35.2 Å². The number of methoxy groups -OCH3 is 1. The summed E-state index contributed by atoms with van der Waals surface area (Å²) in [4.78, 5) is 22.7. The molecule has 165 valence electrons. The molecule has 0 aliphatic carbocycles. The van der Waals surface area contributed by atoms with E-state index >= 15 is 0 Å². The van der Waals surface area contributed by atoms with Crippen LogP contribution in [0.25, 0.3) is 10.9 Å². The van der Waals surface area contributed by atoms with E-state index < -0.39 is 5.97 Å². The van der Waals surface area contributed by atoms with Crippen LogP contribution in [0.3, 0.4) is 0 Å². The van der Waals surface area contributed by atoms with Crippen LogP contribution in [0.5, 0.6) is 5.75 Å². The maximum Gasteiger partial charge on any atom is 0.306 e. The van der Waals surface area contributed by atoms with Gasteiger partial charge in [0, 0.05) is 54.6 Å². The Balaban J connectivity index is 0.00000306. The molecule has 0 saturated carbocycles. The van der Waals surface area contributed by atoms with Gasteiger partial charge >= 0.3 is 5.97 Å². The summed E-state index contributed by atoms with van der Waals surface area (Å²) >= 11 is 6.24. The minimum atomic E-state index is -0.756. The number of hydrogen-bond acceptors (Lipinski definition) is 7. The SMILES string of the molecule is COc1ccc(CNc2nc(N3CCC(C(=O)O)CC3)nc3ccc(C#N)cc23)cc1Cl.[Na]. The molecule has 0 unspecified atom stereocenters. The number of fused-ring (bicyclic) bond motifs is 1. The number of carbonyl (C=O) groups is 1. The number of carboxylic acids is 1. The number of hydrogen-bond donors (Lipinski definition) is 2. The van der Waals surface area contributed by atoms with Gasteiger partial charge in [0.15, 0.2) is 0 Å². The summed E-state index contributed by atoms with van der Waals surface area (Å²) < 4.78 is 5.21. The summed E-state index contributed by atoms with van der Waals surface area (Å²) in [7, 11) is 1.57. The van der Waals surface area contributed by atoms with E-state index in [9.17, 15) is 15.2 Å². The average Bonchev–Trinajstić information content (AvgIpc) is 2.82. The fourth-order valence-corrected chi connectivity index (χ4v) is 4.07. The van der Waals surface area contributed by atoms with Crippen molar-refractivity contribution in [3.63, 3.8) is 0 Å². The van der Waals surface area contributed by atoms with Crippen LogP contribution < -0.4 is 15.0 Å². The number of aliphatic carboxylic acids is 1. The monoisotopic (exact) mass is 474 g/mol. The predicted octanol–water partition coefficient (Wildman–Crippen LogP) is 3.70. The van der Waals surface area contributed by atoms with Gasteiger partial charge in [-0.2, -0.15) is 10.2 Å². The quantitative estimate of drug-likeness (QED) is 0.520. The first-order valence-corrected chi connectivity index (χ1v) is 10.6. The molecular formula is C23H22ClN5NaO3. The van der Waals surface area contributed by atoms with Crippen LogP contribution in [-0.2, 0) is 11.3 Å². The minimum absolute atomic E-state index is 0. The second-order valence-corrected chi connectivity index (χ2v) is 8.05. The molecule has 0 bridgehead atoms. The van der Waals surface area contributed by atoms with Gasteiger partial charge in [-0.3, -0.25) is 4.79 Å². The number of nitrogens with one attached hydrogen (secondary N) is 1. The second kappa shape index (κ2) is 11.0. The number of carboxylic acid groups (broad SMARTS) is 1. The van der Waals surface area contributed by atoms with Crippen LogP contribution in [0.4, 0.5) is 11.8 Å². The third kappa shape index (κ3) is 5.68. The molecule has 1 saturated heterocycles. The summed E-state index contributed by atoms with van der Waals surface area (Å²) in [6.07, 6.45) is 1.11. The maximum absolute atomic E-state index is 11.3. The van der Waals surface area contributed by atoms with Crippen LogP contribution >= 0.6 is 11.6 Å². The molecule has 2 heterocycles. The van der Waals surface area contributed by atoms with Crippen molar-refractivity contribution in [2.75, 3.05) is 30.4 Å². The van der Waals surface area contributed by atoms with Crippen molar-refractivity contribution in [1.82, 2.24) is 9.97 Å². The molecule has 8 nitrogen and oxygen atoms in total. The average molecular weight is 475 g/mol. The van der Waals surface area contributed by atoms with Crippen LogP contribution in [0.2, 0.25) is 5.02 Å². The van der Waals surface area contributed by atoms with Gasteiger partial charge in [-0.25, -0.2) is 4.98 Å². The molecular weight excluding hydrogens is 453 g/mol. The van der Waals surface area contributed by atoms with Crippen molar-refractivity contribution in [1.29, 1.82) is 5.26 Å². The largest absolute Gasteiger partial charge is 0.495 e. The fraction of sp³-hybridized carbons (Fsp3) is 0.304. The van der Waals surface area contributed by atoms with Crippen molar-refractivity contribution < 1.29 is 14.6 Å². The number of aromatic nitrogens is 2. The van der Waals surface area contributed by atoms with Crippen molar-refractivity contribution in [3.05, 3.63) is 52.5 Å². The predicted molar refractivity (Wildman–Crippen MR) is 128 cm³/mol. The number of anilines is 2.